The first-order chi connectivity index (χ1) is 7.29. The molecule has 0 bridgehead atoms. The first-order valence-corrected chi connectivity index (χ1v) is 5.25. The van der Waals surface area contributed by atoms with Crippen LogP contribution in [0, 0.1) is 0 Å². The van der Waals surface area contributed by atoms with Gasteiger partial charge >= 0.3 is 0 Å². The fraction of sp³-hybridized carbons (Fsp3) is 0.200. The van der Waals surface area contributed by atoms with Gasteiger partial charge in [0.05, 0.1) is 0 Å². The van der Waals surface area contributed by atoms with Crippen molar-refractivity contribution < 1.29 is 0 Å². The van der Waals surface area contributed by atoms with Gasteiger partial charge in [0.1, 0.15) is 0 Å². The fourth-order valence-electron chi connectivity index (χ4n) is 1.16. The number of hydrogen-bond donors (Lipinski definition) is 0. The predicted molar refractivity (Wildman–Crippen MR) is 70.8 cm³/mol. The molecule has 0 radical (unpaired) electrons. The minimum absolute atomic E-state index is 1.01. The van der Waals surface area contributed by atoms with E-state index in [0.717, 1.165) is 12.0 Å². The second-order valence-corrected chi connectivity index (χ2v) is 3.01. The Morgan fingerprint density at radius 3 is 2.33 bits per heavy atom. The van der Waals surface area contributed by atoms with Crippen molar-refractivity contribution in [3.63, 3.8) is 0 Å². The number of allylic oxidation sites excluding steroid dienone is 10. The van der Waals surface area contributed by atoms with Gasteiger partial charge in [0.2, 0.25) is 0 Å². The molecule has 0 aromatic carbocycles. The van der Waals surface area contributed by atoms with Crippen molar-refractivity contribution in [2.75, 3.05) is 0 Å². The summed E-state index contributed by atoms with van der Waals surface area (Å²) in [7, 11) is 0. The van der Waals surface area contributed by atoms with Gasteiger partial charge in [-0.05, 0) is 24.5 Å². The van der Waals surface area contributed by atoms with E-state index in [2.05, 4.69) is 32.2 Å². The van der Waals surface area contributed by atoms with Gasteiger partial charge < -0.3 is 0 Å². The Hall–Kier alpha value is -1.56. The molecule has 80 valence electrons. The van der Waals surface area contributed by atoms with E-state index in [9.17, 15) is 0 Å². The Labute approximate surface area is 93.7 Å². The van der Waals surface area contributed by atoms with Gasteiger partial charge in [-0.1, -0.05) is 68.7 Å². The summed E-state index contributed by atoms with van der Waals surface area (Å²) in [6.45, 7) is 11.6. The molecule has 0 aromatic heterocycles. The second-order valence-electron chi connectivity index (χ2n) is 3.01. The van der Waals surface area contributed by atoms with Crippen LogP contribution in [-0.2, 0) is 0 Å². The van der Waals surface area contributed by atoms with Gasteiger partial charge in [-0.3, -0.25) is 0 Å². The molecular formula is C15H20. The molecule has 0 rings (SSSR count). The van der Waals surface area contributed by atoms with E-state index in [4.69, 9.17) is 0 Å². The van der Waals surface area contributed by atoms with Crippen molar-refractivity contribution >= 4 is 0 Å². The maximum atomic E-state index is 3.82. The SMILES string of the molecule is C=C\C=C/C(=C\CC)C(/C=C)=C/C=C\C. The van der Waals surface area contributed by atoms with Crippen LogP contribution in [0.1, 0.15) is 20.3 Å². The third-order valence-electron chi connectivity index (χ3n) is 1.86. The summed E-state index contributed by atoms with van der Waals surface area (Å²) >= 11 is 0. The normalized spacial score (nSPS) is 13.7. The van der Waals surface area contributed by atoms with E-state index in [1.54, 1.807) is 6.08 Å². The average Bonchev–Trinajstić information content (AvgIpc) is 2.26. The molecule has 0 heteroatoms. The Kier molecular flexibility index (Phi) is 8.08. The smallest absolute Gasteiger partial charge is 0.0193 e. The van der Waals surface area contributed by atoms with Crippen LogP contribution in [0.25, 0.3) is 0 Å². The molecule has 0 unspecified atom stereocenters. The molecule has 0 amide bonds. The molecule has 0 aliphatic carbocycles. The Bertz CT molecular complexity index is 309. The van der Waals surface area contributed by atoms with Crippen LogP contribution in [0.2, 0.25) is 0 Å². The van der Waals surface area contributed by atoms with Crippen LogP contribution in [0.15, 0.2) is 72.9 Å². The van der Waals surface area contributed by atoms with E-state index < -0.39 is 0 Å². The van der Waals surface area contributed by atoms with Gasteiger partial charge in [-0.2, -0.15) is 0 Å². The van der Waals surface area contributed by atoms with Crippen LogP contribution in [-0.4, -0.2) is 0 Å². The number of hydrogen-bond acceptors (Lipinski definition) is 0. The minimum Gasteiger partial charge on any atom is -0.0991 e. The Morgan fingerprint density at radius 1 is 1.13 bits per heavy atom. The second kappa shape index (κ2) is 9.01. The Balaban J connectivity index is 5.02. The Morgan fingerprint density at radius 2 is 1.87 bits per heavy atom. The highest BCUT2D eigenvalue weighted by Gasteiger charge is 1.94. The summed E-state index contributed by atoms with van der Waals surface area (Å²) in [5, 5.41) is 0. The van der Waals surface area contributed by atoms with Gasteiger partial charge in [0, 0.05) is 0 Å². The van der Waals surface area contributed by atoms with Gasteiger partial charge in [0.15, 0.2) is 0 Å². The van der Waals surface area contributed by atoms with Crippen LogP contribution >= 0.6 is 0 Å². The molecule has 0 fully saturated rings. The van der Waals surface area contributed by atoms with Crippen molar-refractivity contribution in [1.82, 2.24) is 0 Å². The standard InChI is InChI=1S/C15H20/c1-5-9-12-14(8-4)15(11-7-3)13-10-6-2/h5-6,8-13H,2,4,7H2,1,3H3/b9-5-,13-10-,14-12+,15-11+. The summed E-state index contributed by atoms with van der Waals surface area (Å²) in [4.78, 5) is 0. The third kappa shape index (κ3) is 5.69. The lowest BCUT2D eigenvalue weighted by molar-refractivity contribution is 1.20. The van der Waals surface area contributed by atoms with Crippen LogP contribution in [0.3, 0.4) is 0 Å². The summed E-state index contributed by atoms with van der Waals surface area (Å²) < 4.78 is 0. The molecule has 0 aliphatic heterocycles. The summed E-state index contributed by atoms with van der Waals surface area (Å²) in [6.07, 6.45) is 16.9. The molecule has 0 aromatic rings. The molecule has 0 saturated carbocycles. The zero-order valence-electron chi connectivity index (χ0n) is 9.74. The van der Waals surface area contributed by atoms with Crippen LogP contribution in [0.5, 0.6) is 0 Å². The summed E-state index contributed by atoms with van der Waals surface area (Å²) in [6, 6.07) is 0. The van der Waals surface area contributed by atoms with E-state index >= 15 is 0 Å². The lowest BCUT2D eigenvalue weighted by Gasteiger charge is -2.01. The number of rotatable bonds is 6. The molecule has 0 spiro atoms. The fourth-order valence-corrected chi connectivity index (χ4v) is 1.16. The highest BCUT2D eigenvalue weighted by molar-refractivity contribution is 5.47. The highest BCUT2D eigenvalue weighted by Crippen LogP contribution is 2.14. The molecule has 0 saturated heterocycles. The largest absolute Gasteiger partial charge is 0.0991 e. The molecule has 0 N–H and O–H groups in total. The van der Waals surface area contributed by atoms with Crippen molar-refractivity contribution in [3.05, 3.63) is 72.9 Å². The van der Waals surface area contributed by atoms with Gasteiger partial charge in [0.25, 0.3) is 0 Å². The zero-order valence-corrected chi connectivity index (χ0v) is 9.74. The topological polar surface area (TPSA) is 0 Å². The molecular weight excluding hydrogens is 180 g/mol. The lowest BCUT2D eigenvalue weighted by Crippen LogP contribution is -1.82. The monoisotopic (exact) mass is 200 g/mol. The van der Waals surface area contributed by atoms with Crippen molar-refractivity contribution in [2.24, 2.45) is 0 Å². The molecule has 0 aliphatic rings. The maximum absolute atomic E-state index is 3.82. The third-order valence-corrected chi connectivity index (χ3v) is 1.86. The van der Waals surface area contributed by atoms with E-state index in [1.165, 1.54) is 5.57 Å². The maximum Gasteiger partial charge on any atom is -0.0193 e. The van der Waals surface area contributed by atoms with E-state index in [1.807, 2.05) is 37.3 Å². The van der Waals surface area contributed by atoms with Crippen LogP contribution < -0.4 is 0 Å². The first-order valence-electron chi connectivity index (χ1n) is 5.25. The summed E-state index contributed by atoms with van der Waals surface area (Å²) in [5.41, 5.74) is 2.32. The first kappa shape index (κ1) is 13.4. The zero-order chi connectivity index (χ0) is 11.5. The molecule has 0 heterocycles. The molecule has 0 nitrogen and oxygen atoms in total. The van der Waals surface area contributed by atoms with Crippen molar-refractivity contribution in [1.29, 1.82) is 0 Å². The van der Waals surface area contributed by atoms with Crippen molar-refractivity contribution in [3.8, 4) is 0 Å². The lowest BCUT2D eigenvalue weighted by atomic mass is 10.0. The predicted octanol–water partition coefficient (Wildman–Crippen LogP) is 4.75. The van der Waals surface area contributed by atoms with Gasteiger partial charge in [-0.25, -0.2) is 0 Å². The highest BCUT2D eigenvalue weighted by atomic mass is 14.0. The average molecular weight is 200 g/mol. The summed E-state index contributed by atoms with van der Waals surface area (Å²) in [5.74, 6) is 0. The molecule has 0 atom stereocenters. The van der Waals surface area contributed by atoms with E-state index in [0.29, 0.717) is 0 Å². The quantitative estimate of drug-likeness (QED) is 0.543. The minimum atomic E-state index is 1.01. The van der Waals surface area contributed by atoms with Crippen molar-refractivity contribution in [2.45, 2.75) is 20.3 Å². The molecule has 15 heavy (non-hydrogen) atoms. The van der Waals surface area contributed by atoms with Crippen LogP contribution in [0.4, 0.5) is 0 Å². The van der Waals surface area contributed by atoms with Gasteiger partial charge in [-0.15, -0.1) is 0 Å². The van der Waals surface area contributed by atoms with E-state index in [-0.39, 0.29) is 0 Å².